The summed E-state index contributed by atoms with van der Waals surface area (Å²) in [6.45, 7) is 0.376. The van der Waals surface area contributed by atoms with Crippen LogP contribution in [0.1, 0.15) is 5.56 Å². The Bertz CT molecular complexity index is 408. The normalized spacial score (nSPS) is 23.4. The molecule has 1 atom stereocenters. The maximum absolute atomic E-state index is 11.3. The lowest BCUT2D eigenvalue weighted by atomic mass is 9.91. The molecule has 0 spiro atoms. The largest absolute Gasteiger partial charge is 0.480 e. The topological polar surface area (TPSA) is 46.5 Å². The van der Waals surface area contributed by atoms with Crippen LogP contribution in [0.3, 0.4) is 0 Å². The molecule has 1 aliphatic rings. The summed E-state index contributed by atoms with van der Waals surface area (Å²) in [7, 11) is 1.57. The Labute approximate surface area is 88.0 Å². The molecular formula is C12H12O3. The number of hydrogen-bond acceptors (Lipinski definition) is 2. The fourth-order valence-corrected chi connectivity index (χ4v) is 1.83. The molecule has 78 valence electrons. The maximum atomic E-state index is 11.3. The number of methoxy groups -OCH3 is 1. The standard InChI is InChI=1S/C12H12O3/c1-15-8-10-7-12(10,11(13)14)9-5-3-2-4-6-9/h2-7H,8H2,1H3,(H,13,14)/t12-/m0/s1. The van der Waals surface area contributed by atoms with Crippen molar-refractivity contribution in [3.05, 3.63) is 47.5 Å². The summed E-state index contributed by atoms with van der Waals surface area (Å²) in [6, 6.07) is 9.21. The van der Waals surface area contributed by atoms with Gasteiger partial charge in [0.05, 0.1) is 6.61 Å². The van der Waals surface area contributed by atoms with Gasteiger partial charge in [-0.1, -0.05) is 36.4 Å². The first-order chi connectivity index (χ1) is 7.21. The van der Waals surface area contributed by atoms with E-state index >= 15 is 0 Å². The summed E-state index contributed by atoms with van der Waals surface area (Å²) >= 11 is 0. The van der Waals surface area contributed by atoms with Gasteiger partial charge in [0, 0.05) is 7.11 Å². The number of aliphatic carboxylic acids is 1. The minimum Gasteiger partial charge on any atom is -0.480 e. The van der Waals surface area contributed by atoms with Gasteiger partial charge in [-0.05, 0) is 11.1 Å². The third-order valence-corrected chi connectivity index (χ3v) is 2.68. The predicted molar refractivity (Wildman–Crippen MR) is 55.7 cm³/mol. The highest BCUT2D eigenvalue weighted by Crippen LogP contribution is 2.46. The molecule has 0 amide bonds. The predicted octanol–water partition coefficient (Wildman–Crippen LogP) is 1.60. The number of carbonyl (C=O) groups is 1. The molecule has 0 unspecified atom stereocenters. The van der Waals surface area contributed by atoms with Crippen molar-refractivity contribution in [1.82, 2.24) is 0 Å². The van der Waals surface area contributed by atoms with Crippen LogP contribution in [0.4, 0.5) is 0 Å². The summed E-state index contributed by atoms with van der Waals surface area (Å²) < 4.78 is 4.96. The zero-order valence-electron chi connectivity index (χ0n) is 8.43. The van der Waals surface area contributed by atoms with Crippen LogP contribution in [-0.2, 0) is 14.9 Å². The van der Waals surface area contributed by atoms with E-state index in [0.29, 0.717) is 6.61 Å². The van der Waals surface area contributed by atoms with Gasteiger partial charge < -0.3 is 9.84 Å². The Morgan fingerprint density at radius 3 is 2.60 bits per heavy atom. The van der Waals surface area contributed by atoms with Crippen LogP contribution in [0.2, 0.25) is 0 Å². The number of benzene rings is 1. The van der Waals surface area contributed by atoms with E-state index in [1.807, 2.05) is 30.3 Å². The first kappa shape index (κ1) is 9.93. The van der Waals surface area contributed by atoms with Gasteiger partial charge in [-0.25, -0.2) is 0 Å². The van der Waals surface area contributed by atoms with Gasteiger partial charge in [-0.3, -0.25) is 4.79 Å². The van der Waals surface area contributed by atoms with Crippen molar-refractivity contribution in [3.63, 3.8) is 0 Å². The lowest BCUT2D eigenvalue weighted by Crippen LogP contribution is -2.24. The lowest BCUT2D eigenvalue weighted by Gasteiger charge is -2.13. The van der Waals surface area contributed by atoms with Crippen LogP contribution in [-0.4, -0.2) is 24.8 Å². The Balaban J connectivity index is 2.29. The van der Waals surface area contributed by atoms with Crippen LogP contribution >= 0.6 is 0 Å². The summed E-state index contributed by atoms with van der Waals surface area (Å²) in [5.41, 5.74) is 0.713. The van der Waals surface area contributed by atoms with Crippen LogP contribution < -0.4 is 0 Å². The summed E-state index contributed by atoms with van der Waals surface area (Å²) in [5, 5.41) is 9.25. The van der Waals surface area contributed by atoms with Crippen molar-refractivity contribution >= 4 is 5.97 Å². The molecule has 1 aliphatic carbocycles. The van der Waals surface area contributed by atoms with Crippen molar-refractivity contribution in [2.75, 3.05) is 13.7 Å². The van der Waals surface area contributed by atoms with E-state index in [2.05, 4.69) is 0 Å². The van der Waals surface area contributed by atoms with Crippen LogP contribution in [0, 0.1) is 0 Å². The van der Waals surface area contributed by atoms with Crippen molar-refractivity contribution < 1.29 is 14.6 Å². The molecule has 0 fully saturated rings. The third kappa shape index (κ3) is 1.45. The van der Waals surface area contributed by atoms with Gasteiger partial charge in [-0.2, -0.15) is 0 Å². The van der Waals surface area contributed by atoms with Crippen LogP contribution in [0.15, 0.2) is 42.0 Å². The molecule has 15 heavy (non-hydrogen) atoms. The van der Waals surface area contributed by atoms with E-state index in [4.69, 9.17) is 4.74 Å². The van der Waals surface area contributed by atoms with Crippen LogP contribution in [0.25, 0.3) is 0 Å². The van der Waals surface area contributed by atoms with Crippen molar-refractivity contribution in [3.8, 4) is 0 Å². The van der Waals surface area contributed by atoms with Crippen molar-refractivity contribution in [2.45, 2.75) is 5.41 Å². The van der Waals surface area contributed by atoms with E-state index in [9.17, 15) is 9.90 Å². The smallest absolute Gasteiger partial charge is 0.322 e. The third-order valence-electron chi connectivity index (χ3n) is 2.68. The van der Waals surface area contributed by atoms with E-state index in [1.54, 1.807) is 13.2 Å². The van der Waals surface area contributed by atoms with E-state index < -0.39 is 11.4 Å². The molecule has 1 aromatic carbocycles. The monoisotopic (exact) mass is 204 g/mol. The van der Waals surface area contributed by atoms with Crippen molar-refractivity contribution in [2.24, 2.45) is 0 Å². The van der Waals surface area contributed by atoms with Gasteiger partial charge in [-0.15, -0.1) is 0 Å². The summed E-state index contributed by atoms with van der Waals surface area (Å²) in [6.07, 6.45) is 1.74. The zero-order valence-corrected chi connectivity index (χ0v) is 8.43. The van der Waals surface area contributed by atoms with Gasteiger partial charge in [0.1, 0.15) is 5.41 Å². The van der Waals surface area contributed by atoms with E-state index in [0.717, 1.165) is 11.1 Å². The second kappa shape index (κ2) is 3.51. The van der Waals surface area contributed by atoms with Crippen molar-refractivity contribution in [1.29, 1.82) is 0 Å². The Morgan fingerprint density at radius 2 is 2.07 bits per heavy atom. The van der Waals surface area contributed by atoms with Gasteiger partial charge in [0.15, 0.2) is 0 Å². The minimum atomic E-state index is -0.905. The maximum Gasteiger partial charge on any atom is 0.322 e. The first-order valence-electron chi connectivity index (χ1n) is 4.72. The fraction of sp³-hybridized carbons (Fsp3) is 0.250. The molecule has 0 aromatic heterocycles. The first-order valence-corrected chi connectivity index (χ1v) is 4.72. The van der Waals surface area contributed by atoms with E-state index in [1.165, 1.54) is 0 Å². The SMILES string of the molecule is COCC1=C[C@]1(C(=O)O)c1ccccc1. The number of ether oxygens (including phenoxy) is 1. The average molecular weight is 204 g/mol. The molecule has 3 nitrogen and oxygen atoms in total. The molecule has 3 heteroatoms. The molecule has 2 rings (SSSR count). The van der Waals surface area contributed by atoms with Gasteiger partial charge >= 0.3 is 5.97 Å². The molecule has 1 aromatic rings. The second-order valence-corrected chi connectivity index (χ2v) is 3.58. The average Bonchev–Trinajstić information content (AvgIpc) is 2.96. The highest BCUT2D eigenvalue weighted by molar-refractivity contribution is 5.95. The molecule has 0 aliphatic heterocycles. The fourth-order valence-electron chi connectivity index (χ4n) is 1.83. The minimum absolute atomic E-state index is 0.376. The Kier molecular flexibility index (Phi) is 2.32. The number of rotatable bonds is 4. The van der Waals surface area contributed by atoms with Crippen LogP contribution in [0.5, 0.6) is 0 Å². The summed E-state index contributed by atoms with van der Waals surface area (Å²) in [5.74, 6) is -0.833. The molecule has 0 bridgehead atoms. The lowest BCUT2D eigenvalue weighted by molar-refractivity contribution is -0.139. The highest BCUT2D eigenvalue weighted by atomic mass is 16.5. The summed E-state index contributed by atoms with van der Waals surface area (Å²) in [4.78, 5) is 11.3. The number of carboxylic acid groups (broad SMARTS) is 1. The Hall–Kier alpha value is -1.61. The molecule has 0 radical (unpaired) electrons. The molecular weight excluding hydrogens is 192 g/mol. The zero-order chi connectivity index (χ0) is 10.9. The second-order valence-electron chi connectivity index (χ2n) is 3.58. The molecule has 0 saturated heterocycles. The molecule has 0 saturated carbocycles. The molecule has 1 N–H and O–H groups in total. The Morgan fingerprint density at radius 1 is 1.40 bits per heavy atom. The van der Waals surface area contributed by atoms with E-state index in [-0.39, 0.29) is 0 Å². The van der Waals surface area contributed by atoms with Gasteiger partial charge in [0.2, 0.25) is 0 Å². The molecule has 0 heterocycles. The van der Waals surface area contributed by atoms with Gasteiger partial charge in [0.25, 0.3) is 0 Å². The quantitative estimate of drug-likeness (QED) is 0.758. The number of hydrogen-bond donors (Lipinski definition) is 1. The highest BCUT2D eigenvalue weighted by Gasteiger charge is 2.52. The number of carboxylic acids is 1.